The van der Waals surface area contributed by atoms with E-state index < -0.39 is 0 Å². The van der Waals surface area contributed by atoms with E-state index in [1.807, 2.05) is 45.3 Å². The third-order valence-corrected chi connectivity index (χ3v) is 4.25. The van der Waals surface area contributed by atoms with Crippen LogP contribution in [-0.4, -0.2) is 68.7 Å². The number of hydrogen-bond acceptors (Lipinski definition) is 4. The molecule has 0 saturated carbocycles. The van der Waals surface area contributed by atoms with Crippen molar-refractivity contribution in [1.29, 1.82) is 0 Å². The number of hydrogen-bond donors (Lipinski definition) is 1. The van der Waals surface area contributed by atoms with Crippen LogP contribution in [0.2, 0.25) is 5.02 Å². The van der Waals surface area contributed by atoms with Gasteiger partial charge in [0.2, 0.25) is 5.91 Å². The number of likely N-dealkylation sites (N-methyl/N-ethyl adjacent to an activating group) is 1. The van der Waals surface area contributed by atoms with E-state index in [9.17, 15) is 4.79 Å². The number of nitrogens with zero attached hydrogens (tertiary/aromatic N) is 2. The number of carbonyl (C=O) groups excluding carboxylic acids is 1. The predicted molar refractivity (Wildman–Crippen MR) is 92.7 cm³/mol. The van der Waals surface area contributed by atoms with Gasteiger partial charge in [0.15, 0.2) is 0 Å². The summed E-state index contributed by atoms with van der Waals surface area (Å²) in [5, 5.41) is 3.70. The van der Waals surface area contributed by atoms with Crippen molar-refractivity contribution < 1.29 is 9.53 Å². The van der Waals surface area contributed by atoms with Gasteiger partial charge in [-0.15, -0.1) is 0 Å². The SMILES string of the molecule is C[C@@H](NC(=O)CN1CCO[C@H](CN(C)C)C1)c1ccccc1Cl. The van der Waals surface area contributed by atoms with Gasteiger partial charge in [-0.05, 0) is 32.6 Å². The Morgan fingerprint density at radius 2 is 2.22 bits per heavy atom. The molecule has 1 aromatic rings. The van der Waals surface area contributed by atoms with Crippen molar-refractivity contribution in [3.05, 3.63) is 34.9 Å². The molecule has 0 unspecified atom stereocenters. The first-order valence-electron chi connectivity index (χ1n) is 7.98. The molecule has 1 aliphatic heterocycles. The van der Waals surface area contributed by atoms with E-state index in [0.717, 1.165) is 25.2 Å². The van der Waals surface area contributed by atoms with E-state index in [-0.39, 0.29) is 18.1 Å². The van der Waals surface area contributed by atoms with Crippen molar-refractivity contribution in [1.82, 2.24) is 15.1 Å². The summed E-state index contributed by atoms with van der Waals surface area (Å²) in [7, 11) is 4.06. The van der Waals surface area contributed by atoms with Gasteiger partial charge in [-0.2, -0.15) is 0 Å². The summed E-state index contributed by atoms with van der Waals surface area (Å²) in [6.45, 7) is 5.46. The molecule has 1 saturated heterocycles. The smallest absolute Gasteiger partial charge is 0.234 e. The van der Waals surface area contributed by atoms with Gasteiger partial charge in [-0.1, -0.05) is 29.8 Å². The summed E-state index contributed by atoms with van der Waals surface area (Å²) >= 11 is 6.18. The molecule has 2 atom stereocenters. The quantitative estimate of drug-likeness (QED) is 0.858. The number of ether oxygens (including phenoxy) is 1. The summed E-state index contributed by atoms with van der Waals surface area (Å²) in [5.41, 5.74) is 0.940. The number of benzene rings is 1. The molecule has 1 amide bonds. The lowest BCUT2D eigenvalue weighted by Crippen LogP contribution is -2.49. The highest BCUT2D eigenvalue weighted by Crippen LogP contribution is 2.22. The highest BCUT2D eigenvalue weighted by atomic mass is 35.5. The van der Waals surface area contributed by atoms with Crippen LogP contribution in [0.3, 0.4) is 0 Å². The van der Waals surface area contributed by atoms with E-state index in [4.69, 9.17) is 16.3 Å². The first-order valence-corrected chi connectivity index (χ1v) is 8.36. The molecule has 23 heavy (non-hydrogen) atoms. The normalized spacial score (nSPS) is 20.5. The summed E-state index contributed by atoms with van der Waals surface area (Å²) in [5.74, 6) is 0.0166. The molecule has 5 nitrogen and oxygen atoms in total. The highest BCUT2D eigenvalue weighted by molar-refractivity contribution is 6.31. The largest absolute Gasteiger partial charge is 0.374 e. The van der Waals surface area contributed by atoms with Gasteiger partial charge in [0.1, 0.15) is 0 Å². The molecule has 1 fully saturated rings. The van der Waals surface area contributed by atoms with Gasteiger partial charge < -0.3 is 15.0 Å². The highest BCUT2D eigenvalue weighted by Gasteiger charge is 2.23. The number of amides is 1. The minimum Gasteiger partial charge on any atom is -0.374 e. The number of nitrogens with one attached hydrogen (secondary N) is 1. The Labute approximate surface area is 143 Å². The average molecular weight is 340 g/mol. The molecule has 128 valence electrons. The van der Waals surface area contributed by atoms with Crippen LogP contribution in [0.1, 0.15) is 18.5 Å². The predicted octanol–water partition coefficient (Wildman–Crippen LogP) is 1.78. The summed E-state index contributed by atoms with van der Waals surface area (Å²) < 4.78 is 5.73. The average Bonchev–Trinajstić information content (AvgIpc) is 2.47. The fourth-order valence-corrected chi connectivity index (χ4v) is 3.14. The molecule has 0 bridgehead atoms. The van der Waals surface area contributed by atoms with Crippen LogP contribution in [0, 0.1) is 0 Å². The van der Waals surface area contributed by atoms with Crippen molar-refractivity contribution in [3.8, 4) is 0 Å². The number of carbonyl (C=O) groups is 1. The minimum absolute atomic E-state index is 0.0166. The lowest BCUT2D eigenvalue weighted by molar-refractivity contribution is -0.125. The van der Waals surface area contributed by atoms with Gasteiger partial charge in [0.05, 0.1) is 25.3 Å². The topological polar surface area (TPSA) is 44.8 Å². The summed E-state index contributed by atoms with van der Waals surface area (Å²) in [6.07, 6.45) is 0.160. The molecule has 1 N–H and O–H groups in total. The Hall–Kier alpha value is -1.14. The van der Waals surface area contributed by atoms with Crippen LogP contribution < -0.4 is 5.32 Å². The number of rotatable bonds is 6. The van der Waals surface area contributed by atoms with Crippen molar-refractivity contribution in [2.45, 2.75) is 19.1 Å². The molecule has 0 aliphatic carbocycles. The Morgan fingerprint density at radius 1 is 1.48 bits per heavy atom. The van der Waals surface area contributed by atoms with E-state index in [1.54, 1.807) is 0 Å². The van der Waals surface area contributed by atoms with Crippen LogP contribution in [0.5, 0.6) is 0 Å². The third kappa shape index (κ3) is 5.77. The Kier molecular flexibility index (Phi) is 6.84. The lowest BCUT2D eigenvalue weighted by Gasteiger charge is -2.33. The fraction of sp³-hybridized carbons (Fsp3) is 0.588. The van der Waals surface area contributed by atoms with E-state index in [2.05, 4.69) is 15.1 Å². The van der Waals surface area contributed by atoms with Crippen LogP contribution >= 0.6 is 11.6 Å². The maximum Gasteiger partial charge on any atom is 0.234 e. The maximum atomic E-state index is 12.3. The monoisotopic (exact) mass is 339 g/mol. The van der Waals surface area contributed by atoms with Crippen molar-refractivity contribution in [3.63, 3.8) is 0 Å². The molecule has 1 aromatic carbocycles. The van der Waals surface area contributed by atoms with E-state index in [1.165, 1.54) is 0 Å². The van der Waals surface area contributed by atoms with Crippen LogP contribution in [0.4, 0.5) is 0 Å². The zero-order valence-electron chi connectivity index (χ0n) is 14.1. The zero-order valence-corrected chi connectivity index (χ0v) is 14.8. The lowest BCUT2D eigenvalue weighted by atomic mass is 10.1. The molecule has 6 heteroatoms. The molecule has 2 rings (SSSR count). The van der Waals surface area contributed by atoms with E-state index in [0.29, 0.717) is 18.2 Å². The van der Waals surface area contributed by atoms with Gasteiger partial charge in [0, 0.05) is 24.7 Å². The fourth-order valence-electron chi connectivity index (χ4n) is 2.84. The molecular formula is C17H26ClN3O2. The van der Waals surface area contributed by atoms with Gasteiger partial charge in [-0.25, -0.2) is 0 Å². The van der Waals surface area contributed by atoms with Gasteiger partial charge in [-0.3, -0.25) is 9.69 Å². The molecule has 0 aromatic heterocycles. The molecule has 0 radical (unpaired) electrons. The molecule has 1 aliphatic rings. The first kappa shape index (κ1) is 18.2. The standard InChI is InChI=1S/C17H26ClN3O2/c1-13(15-6-4-5-7-16(15)18)19-17(22)12-21-8-9-23-14(11-21)10-20(2)3/h4-7,13-14H,8-12H2,1-3H3,(H,19,22)/t13-,14-/m1/s1. The molecule has 1 heterocycles. The second kappa shape index (κ2) is 8.64. The zero-order chi connectivity index (χ0) is 16.8. The number of halogens is 1. The van der Waals surface area contributed by atoms with Crippen LogP contribution in [0.15, 0.2) is 24.3 Å². The van der Waals surface area contributed by atoms with Crippen molar-refractivity contribution in [2.75, 3.05) is 46.9 Å². The van der Waals surface area contributed by atoms with E-state index >= 15 is 0 Å². The molecular weight excluding hydrogens is 314 g/mol. The van der Waals surface area contributed by atoms with Gasteiger partial charge in [0.25, 0.3) is 0 Å². The van der Waals surface area contributed by atoms with Gasteiger partial charge >= 0.3 is 0 Å². The minimum atomic E-state index is -0.102. The Balaban J connectivity index is 1.83. The van der Waals surface area contributed by atoms with Crippen LogP contribution in [0.25, 0.3) is 0 Å². The maximum absolute atomic E-state index is 12.3. The number of morpholine rings is 1. The second-order valence-corrected chi connectivity index (χ2v) is 6.71. The Morgan fingerprint density at radius 3 is 2.91 bits per heavy atom. The first-order chi connectivity index (χ1) is 11.0. The summed E-state index contributed by atoms with van der Waals surface area (Å²) in [6, 6.07) is 7.49. The van der Waals surface area contributed by atoms with Crippen molar-refractivity contribution in [2.24, 2.45) is 0 Å². The summed E-state index contributed by atoms with van der Waals surface area (Å²) in [4.78, 5) is 16.5. The third-order valence-electron chi connectivity index (χ3n) is 3.91. The van der Waals surface area contributed by atoms with Crippen molar-refractivity contribution >= 4 is 17.5 Å². The second-order valence-electron chi connectivity index (χ2n) is 6.30. The van der Waals surface area contributed by atoms with Crippen LogP contribution in [-0.2, 0) is 9.53 Å². The Bertz CT molecular complexity index is 524. The molecule has 0 spiro atoms.